The number of hydrogen-bond donors (Lipinski definition) is 2. The van der Waals surface area contributed by atoms with Crippen LogP contribution in [0.2, 0.25) is 10.0 Å². The minimum absolute atomic E-state index is 0.0973. The monoisotopic (exact) mass is 345 g/mol. The summed E-state index contributed by atoms with van der Waals surface area (Å²) >= 11 is 11.8. The van der Waals surface area contributed by atoms with E-state index >= 15 is 0 Å². The number of rotatable bonds is 6. The first-order chi connectivity index (χ1) is 10.3. The number of hydrogen-bond acceptors (Lipinski definition) is 5. The standard InChI is InChI=1S/C14H13Cl2NO5/c1-3-22-14(21)10(7(2)18)6-17-11-5-8(15)4-9(12(11)16)13(19)20/h4-6,17H,3H2,1-2H3,(H,19,20). The molecular formula is C14H13Cl2NO5. The summed E-state index contributed by atoms with van der Waals surface area (Å²) in [6.07, 6.45) is 1.10. The van der Waals surface area contributed by atoms with Crippen molar-refractivity contribution in [2.45, 2.75) is 13.8 Å². The van der Waals surface area contributed by atoms with Gasteiger partial charge in [-0.2, -0.15) is 0 Å². The largest absolute Gasteiger partial charge is 0.478 e. The number of nitrogens with one attached hydrogen (secondary N) is 1. The molecule has 6 nitrogen and oxygen atoms in total. The molecule has 0 saturated heterocycles. The topological polar surface area (TPSA) is 92.7 Å². The molecule has 0 atom stereocenters. The number of esters is 1. The smallest absolute Gasteiger partial charge is 0.343 e. The second kappa shape index (κ2) is 7.82. The molecule has 0 unspecified atom stereocenters. The lowest BCUT2D eigenvalue weighted by molar-refractivity contribution is -0.139. The van der Waals surface area contributed by atoms with E-state index in [2.05, 4.69) is 5.32 Å². The molecule has 2 N–H and O–H groups in total. The summed E-state index contributed by atoms with van der Waals surface area (Å²) in [5, 5.41) is 11.7. The molecule has 0 bridgehead atoms. The van der Waals surface area contributed by atoms with Crippen molar-refractivity contribution < 1.29 is 24.2 Å². The first-order valence-electron chi connectivity index (χ1n) is 6.15. The van der Waals surface area contributed by atoms with Gasteiger partial charge >= 0.3 is 11.9 Å². The molecule has 1 aromatic rings. The third kappa shape index (κ3) is 4.47. The van der Waals surface area contributed by atoms with E-state index in [1.807, 2.05) is 0 Å². The van der Waals surface area contributed by atoms with Crippen LogP contribution in [0.4, 0.5) is 5.69 Å². The van der Waals surface area contributed by atoms with Gasteiger partial charge in [-0.3, -0.25) is 4.79 Å². The minimum atomic E-state index is -1.25. The summed E-state index contributed by atoms with van der Waals surface area (Å²) in [5.74, 6) is -2.56. The quantitative estimate of drug-likeness (QED) is 0.356. The van der Waals surface area contributed by atoms with Crippen molar-refractivity contribution in [1.82, 2.24) is 0 Å². The molecule has 0 radical (unpaired) electrons. The molecule has 0 aliphatic heterocycles. The fourth-order valence-electron chi connectivity index (χ4n) is 1.51. The predicted molar refractivity (Wildman–Crippen MR) is 82.4 cm³/mol. The summed E-state index contributed by atoms with van der Waals surface area (Å²) in [5.41, 5.74) is -0.282. The maximum atomic E-state index is 11.6. The molecule has 0 aliphatic rings. The van der Waals surface area contributed by atoms with Gasteiger partial charge in [0.25, 0.3) is 0 Å². The van der Waals surface area contributed by atoms with Crippen molar-refractivity contribution in [3.05, 3.63) is 39.5 Å². The maximum absolute atomic E-state index is 11.6. The van der Waals surface area contributed by atoms with Crippen LogP contribution in [-0.2, 0) is 14.3 Å². The van der Waals surface area contributed by atoms with Gasteiger partial charge in [0.2, 0.25) is 0 Å². The number of aromatic carboxylic acids is 1. The summed E-state index contributed by atoms with van der Waals surface area (Å²) in [7, 11) is 0. The Morgan fingerprint density at radius 3 is 2.45 bits per heavy atom. The number of carboxylic acids is 1. The van der Waals surface area contributed by atoms with Gasteiger partial charge < -0.3 is 15.2 Å². The van der Waals surface area contributed by atoms with Crippen LogP contribution in [0.5, 0.6) is 0 Å². The number of halogens is 2. The van der Waals surface area contributed by atoms with Crippen LogP contribution in [0, 0.1) is 0 Å². The second-order valence-electron chi connectivity index (χ2n) is 4.10. The lowest BCUT2D eigenvalue weighted by Gasteiger charge is -2.09. The lowest BCUT2D eigenvalue weighted by atomic mass is 10.2. The van der Waals surface area contributed by atoms with E-state index in [4.69, 9.17) is 33.0 Å². The van der Waals surface area contributed by atoms with Crippen LogP contribution in [0.1, 0.15) is 24.2 Å². The number of ether oxygens (including phenoxy) is 1. The first kappa shape index (κ1) is 18.0. The Morgan fingerprint density at radius 2 is 1.95 bits per heavy atom. The average molecular weight is 346 g/mol. The molecule has 0 amide bonds. The highest BCUT2D eigenvalue weighted by atomic mass is 35.5. The summed E-state index contributed by atoms with van der Waals surface area (Å²) < 4.78 is 4.75. The molecule has 0 fully saturated rings. The molecule has 8 heteroatoms. The van der Waals surface area contributed by atoms with Gasteiger partial charge in [0, 0.05) is 11.2 Å². The number of anilines is 1. The molecule has 22 heavy (non-hydrogen) atoms. The molecular weight excluding hydrogens is 333 g/mol. The van der Waals surface area contributed by atoms with Gasteiger partial charge in [0.05, 0.1) is 22.9 Å². The Morgan fingerprint density at radius 1 is 1.32 bits per heavy atom. The third-order valence-electron chi connectivity index (χ3n) is 2.51. The van der Waals surface area contributed by atoms with Crippen LogP contribution in [0.25, 0.3) is 0 Å². The molecule has 0 aliphatic carbocycles. The first-order valence-corrected chi connectivity index (χ1v) is 6.90. The molecule has 0 spiro atoms. The fourth-order valence-corrected chi connectivity index (χ4v) is 1.98. The van der Waals surface area contributed by atoms with E-state index in [-0.39, 0.29) is 33.5 Å². The van der Waals surface area contributed by atoms with E-state index in [0.717, 1.165) is 6.20 Å². The zero-order chi connectivity index (χ0) is 16.9. The average Bonchev–Trinajstić information content (AvgIpc) is 2.41. The van der Waals surface area contributed by atoms with E-state index in [9.17, 15) is 14.4 Å². The summed E-state index contributed by atoms with van der Waals surface area (Å²) in [4.78, 5) is 34.1. The highest BCUT2D eigenvalue weighted by Gasteiger charge is 2.17. The van der Waals surface area contributed by atoms with Gasteiger partial charge in [0.1, 0.15) is 5.57 Å². The molecule has 1 aromatic carbocycles. The molecule has 0 aromatic heterocycles. The normalized spacial score (nSPS) is 11.0. The van der Waals surface area contributed by atoms with E-state index in [0.29, 0.717) is 0 Å². The Labute approximate surface area is 136 Å². The van der Waals surface area contributed by atoms with Crippen molar-refractivity contribution in [1.29, 1.82) is 0 Å². The Kier molecular flexibility index (Phi) is 6.39. The van der Waals surface area contributed by atoms with Crippen molar-refractivity contribution in [2.75, 3.05) is 11.9 Å². The van der Waals surface area contributed by atoms with Crippen LogP contribution in [-0.4, -0.2) is 29.4 Å². The maximum Gasteiger partial charge on any atom is 0.343 e. The number of carbonyl (C=O) groups excluding carboxylic acids is 2. The van der Waals surface area contributed by atoms with Crippen LogP contribution < -0.4 is 5.32 Å². The molecule has 118 valence electrons. The Balaban J connectivity index is 3.17. The summed E-state index contributed by atoms with van der Waals surface area (Å²) in [6.45, 7) is 2.92. The van der Waals surface area contributed by atoms with Crippen LogP contribution in [0.3, 0.4) is 0 Å². The van der Waals surface area contributed by atoms with E-state index in [1.54, 1.807) is 6.92 Å². The van der Waals surface area contributed by atoms with Crippen molar-refractivity contribution >= 4 is 46.6 Å². The Hall–Kier alpha value is -2.05. The van der Waals surface area contributed by atoms with Gasteiger partial charge in [0.15, 0.2) is 5.78 Å². The molecule has 0 saturated carbocycles. The van der Waals surface area contributed by atoms with Crippen molar-refractivity contribution in [3.63, 3.8) is 0 Å². The van der Waals surface area contributed by atoms with Gasteiger partial charge in [-0.15, -0.1) is 0 Å². The van der Waals surface area contributed by atoms with Gasteiger partial charge in [-0.25, -0.2) is 9.59 Å². The van der Waals surface area contributed by atoms with Crippen LogP contribution >= 0.6 is 23.2 Å². The number of carboxylic acid groups (broad SMARTS) is 1. The van der Waals surface area contributed by atoms with E-state index < -0.39 is 17.7 Å². The van der Waals surface area contributed by atoms with Crippen molar-refractivity contribution in [3.8, 4) is 0 Å². The van der Waals surface area contributed by atoms with E-state index in [1.165, 1.54) is 19.1 Å². The predicted octanol–water partition coefficient (Wildman–Crippen LogP) is 3.14. The van der Waals surface area contributed by atoms with Crippen LogP contribution in [0.15, 0.2) is 23.9 Å². The number of ketones is 1. The summed E-state index contributed by atoms with van der Waals surface area (Å²) in [6, 6.07) is 2.56. The SMILES string of the molecule is CCOC(=O)C(=CNc1cc(Cl)cc(C(=O)O)c1Cl)C(C)=O. The number of benzene rings is 1. The second-order valence-corrected chi connectivity index (χ2v) is 4.91. The highest BCUT2D eigenvalue weighted by Crippen LogP contribution is 2.30. The van der Waals surface area contributed by atoms with Gasteiger partial charge in [-0.1, -0.05) is 23.2 Å². The number of carbonyl (C=O) groups is 3. The lowest BCUT2D eigenvalue weighted by Crippen LogP contribution is -2.15. The third-order valence-corrected chi connectivity index (χ3v) is 3.14. The molecule has 1 rings (SSSR count). The minimum Gasteiger partial charge on any atom is -0.478 e. The van der Waals surface area contributed by atoms with Gasteiger partial charge in [-0.05, 0) is 26.0 Å². The van der Waals surface area contributed by atoms with Crippen molar-refractivity contribution in [2.24, 2.45) is 0 Å². The zero-order valence-electron chi connectivity index (χ0n) is 11.8. The number of Topliss-reactive ketones (excluding diaryl/α,β-unsaturated/α-hetero) is 1. The Bertz CT molecular complexity index is 655. The zero-order valence-corrected chi connectivity index (χ0v) is 13.3. The highest BCUT2D eigenvalue weighted by molar-refractivity contribution is 6.38. The fraction of sp³-hybridized carbons (Fsp3) is 0.214. The molecule has 0 heterocycles.